The van der Waals surface area contributed by atoms with Crippen molar-refractivity contribution in [1.29, 1.82) is 0 Å². The minimum absolute atomic E-state index is 0.524. The predicted molar refractivity (Wildman–Crippen MR) is 103 cm³/mol. The summed E-state index contributed by atoms with van der Waals surface area (Å²) in [6.07, 6.45) is 4.04. The van der Waals surface area contributed by atoms with E-state index in [2.05, 4.69) is 19.1 Å². The second kappa shape index (κ2) is 8.74. The van der Waals surface area contributed by atoms with Crippen molar-refractivity contribution in [2.24, 2.45) is 0 Å². The van der Waals surface area contributed by atoms with Gasteiger partial charge in [-0.15, -0.1) is 0 Å². The third-order valence-corrected chi connectivity index (χ3v) is 3.82. The Kier molecular flexibility index (Phi) is 5.89. The van der Waals surface area contributed by atoms with E-state index in [-0.39, 0.29) is 0 Å². The van der Waals surface area contributed by atoms with Crippen molar-refractivity contribution < 1.29 is 9.47 Å². The molecule has 0 aliphatic carbocycles. The molecule has 0 spiro atoms. The van der Waals surface area contributed by atoms with Crippen LogP contribution in [0.15, 0.2) is 84.9 Å². The van der Waals surface area contributed by atoms with Gasteiger partial charge in [0.2, 0.25) is 0 Å². The van der Waals surface area contributed by atoms with Crippen molar-refractivity contribution in [3.63, 3.8) is 0 Å². The van der Waals surface area contributed by atoms with E-state index in [4.69, 9.17) is 9.47 Å². The molecule has 0 unspecified atom stereocenters. The van der Waals surface area contributed by atoms with Crippen molar-refractivity contribution >= 4 is 6.08 Å². The summed E-state index contributed by atoms with van der Waals surface area (Å²) in [6, 6.07) is 26.3. The lowest BCUT2D eigenvalue weighted by Gasteiger charge is -2.09. The molecule has 0 saturated carbocycles. The molecule has 3 aromatic carbocycles. The fraction of sp³-hybridized carbons (Fsp3) is 0.130. The van der Waals surface area contributed by atoms with Gasteiger partial charge >= 0.3 is 0 Å². The van der Waals surface area contributed by atoms with Crippen LogP contribution in [-0.2, 0) is 6.61 Å². The van der Waals surface area contributed by atoms with Crippen LogP contribution in [0.2, 0.25) is 0 Å². The van der Waals surface area contributed by atoms with Crippen LogP contribution in [-0.4, -0.2) is 6.61 Å². The summed E-state index contributed by atoms with van der Waals surface area (Å²) >= 11 is 0. The zero-order chi connectivity index (χ0) is 17.3. The Balaban J connectivity index is 1.57. The Labute approximate surface area is 149 Å². The van der Waals surface area contributed by atoms with E-state index in [0.717, 1.165) is 22.6 Å². The molecule has 0 aliphatic rings. The fourth-order valence-corrected chi connectivity index (χ4v) is 2.44. The Bertz CT molecular complexity index is 805. The number of hydrogen-bond acceptors (Lipinski definition) is 2. The highest BCUT2D eigenvalue weighted by molar-refractivity contribution is 5.57. The van der Waals surface area contributed by atoms with Gasteiger partial charge < -0.3 is 9.47 Å². The van der Waals surface area contributed by atoms with Crippen LogP contribution in [0.3, 0.4) is 0 Å². The summed E-state index contributed by atoms with van der Waals surface area (Å²) < 4.78 is 11.7. The number of benzene rings is 3. The maximum absolute atomic E-state index is 5.96. The molecule has 2 nitrogen and oxygen atoms in total. The Hall–Kier alpha value is -3.00. The second-order valence-electron chi connectivity index (χ2n) is 5.84. The van der Waals surface area contributed by atoms with Gasteiger partial charge in [0.05, 0.1) is 0 Å². The lowest BCUT2D eigenvalue weighted by atomic mass is 10.2. The first-order valence-electron chi connectivity index (χ1n) is 8.43. The van der Waals surface area contributed by atoms with Gasteiger partial charge in [-0.25, -0.2) is 0 Å². The molecule has 0 amide bonds. The van der Waals surface area contributed by atoms with Gasteiger partial charge in [0.15, 0.2) is 0 Å². The zero-order valence-corrected chi connectivity index (χ0v) is 14.4. The Morgan fingerprint density at radius 2 is 1.48 bits per heavy atom. The number of aryl methyl sites for hydroxylation is 1. The van der Waals surface area contributed by atoms with Crippen molar-refractivity contribution in [2.45, 2.75) is 13.5 Å². The molecule has 0 fully saturated rings. The Morgan fingerprint density at radius 1 is 0.760 bits per heavy atom. The maximum Gasteiger partial charge on any atom is 0.127 e. The summed E-state index contributed by atoms with van der Waals surface area (Å²) in [5.74, 6) is 1.75. The SMILES string of the molecule is Cc1ccc(OC/C=C/c2ccccc2OCc2ccccc2)cc1. The molecule has 126 valence electrons. The molecule has 0 aromatic heterocycles. The predicted octanol–water partition coefficient (Wildman–Crippen LogP) is 5.67. The third kappa shape index (κ3) is 5.25. The second-order valence-corrected chi connectivity index (χ2v) is 5.84. The summed E-state index contributed by atoms with van der Waals surface area (Å²) in [7, 11) is 0. The summed E-state index contributed by atoms with van der Waals surface area (Å²) in [4.78, 5) is 0. The lowest BCUT2D eigenvalue weighted by Crippen LogP contribution is -1.97. The van der Waals surface area contributed by atoms with Gasteiger partial charge in [-0.3, -0.25) is 0 Å². The van der Waals surface area contributed by atoms with Crippen molar-refractivity contribution in [3.8, 4) is 11.5 Å². The standard InChI is InChI=1S/C23H22O2/c1-19-13-15-22(16-14-19)24-17-7-11-21-10-5-6-12-23(21)25-18-20-8-3-2-4-9-20/h2-16H,17-18H2,1H3/b11-7+. The number of ether oxygens (including phenoxy) is 2. The highest BCUT2D eigenvalue weighted by Crippen LogP contribution is 2.21. The molecule has 0 atom stereocenters. The van der Waals surface area contributed by atoms with Crippen molar-refractivity contribution in [2.75, 3.05) is 6.61 Å². The molecule has 0 heterocycles. The number of rotatable bonds is 7. The van der Waals surface area contributed by atoms with Gasteiger partial charge in [0, 0.05) is 5.56 Å². The van der Waals surface area contributed by atoms with Crippen LogP contribution in [0.5, 0.6) is 11.5 Å². The zero-order valence-electron chi connectivity index (χ0n) is 14.4. The van der Waals surface area contributed by atoms with E-state index in [9.17, 15) is 0 Å². The molecule has 2 heteroatoms. The molecule has 25 heavy (non-hydrogen) atoms. The molecular formula is C23H22O2. The summed E-state index contributed by atoms with van der Waals surface area (Å²) in [6.45, 7) is 3.15. The molecule has 3 rings (SSSR count). The monoisotopic (exact) mass is 330 g/mol. The van der Waals surface area contributed by atoms with Gasteiger partial charge in [0.1, 0.15) is 24.7 Å². The number of hydrogen-bond donors (Lipinski definition) is 0. The van der Waals surface area contributed by atoms with E-state index in [1.807, 2.05) is 78.9 Å². The molecule has 0 saturated heterocycles. The molecular weight excluding hydrogens is 308 g/mol. The van der Waals surface area contributed by atoms with Crippen molar-refractivity contribution in [1.82, 2.24) is 0 Å². The average Bonchev–Trinajstić information content (AvgIpc) is 2.66. The van der Waals surface area contributed by atoms with Gasteiger partial charge in [-0.05, 0) is 36.8 Å². The molecule has 3 aromatic rings. The van der Waals surface area contributed by atoms with E-state index in [0.29, 0.717) is 13.2 Å². The van der Waals surface area contributed by atoms with Crippen LogP contribution in [0.4, 0.5) is 0 Å². The third-order valence-electron chi connectivity index (χ3n) is 3.82. The first-order valence-corrected chi connectivity index (χ1v) is 8.43. The van der Waals surface area contributed by atoms with Gasteiger partial charge in [0.25, 0.3) is 0 Å². The first-order chi connectivity index (χ1) is 12.3. The van der Waals surface area contributed by atoms with E-state index < -0.39 is 0 Å². The summed E-state index contributed by atoms with van der Waals surface area (Å²) in [5, 5.41) is 0. The van der Waals surface area contributed by atoms with Crippen LogP contribution in [0.25, 0.3) is 6.08 Å². The number of para-hydroxylation sites is 1. The van der Waals surface area contributed by atoms with E-state index in [1.165, 1.54) is 5.56 Å². The minimum atomic E-state index is 0.524. The van der Waals surface area contributed by atoms with Crippen LogP contribution in [0.1, 0.15) is 16.7 Å². The molecule has 0 aliphatic heterocycles. The van der Waals surface area contributed by atoms with Crippen LogP contribution >= 0.6 is 0 Å². The smallest absolute Gasteiger partial charge is 0.127 e. The Morgan fingerprint density at radius 3 is 2.28 bits per heavy atom. The van der Waals surface area contributed by atoms with E-state index in [1.54, 1.807) is 0 Å². The van der Waals surface area contributed by atoms with Gasteiger partial charge in [-0.1, -0.05) is 72.3 Å². The topological polar surface area (TPSA) is 18.5 Å². The highest BCUT2D eigenvalue weighted by Gasteiger charge is 2.00. The molecule has 0 N–H and O–H groups in total. The largest absolute Gasteiger partial charge is 0.490 e. The fourth-order valence-electron chi connectivity index (χ4n) is 2.44. The quantitative estimate of drug-likeness (QED) is 0.556. The molecule has 0 bridgehead atoms. The van der Waals surface area contributed by atoms with Crippen LogP contribution < -0.4 is 9.47 Å². The van der Waals surface area contributed by atoms with Crippen molar-refractivity contribution in [3.05, 3.63) is 102 Å². The maximum atomic E-state index is 5.96. The average molecular weight is 330 g/mol. The normalized spacial score (nSPS) is 10.8. The first kappa shape index (κ1) is 16.8. The lowest BCUT2D eigenvalue weighted by molar-refractivity contribution is 0.305. The van der Waals surface area contributed by atoms with E-state index >= 15 is 0 Å². The van der Waals surface area contributed by atoms with Crippen LogP contribution in [0, 0.1) is 6.92 Å². The summed E-state index contributed by atoms with van der Waals surface area (Å²) in [5.41, 5.74) is 3.43. The minimum Gasteiger partial charge on any atom is -0.490 e. The highest BCUT2D eigenvalue weighted by atomic mass is 16.5. The molecule has 0 radical (unpaired) electrons. The van der Waals surface area contributed by atoms with Gasteiger partial charge in [-0.2, -0.15) is 0 Å².